The molecule has 1 amide bonds. The number of H-pyrrole nitrogens is 1. The number of nitrogens with one attached hydrogen (secondary N) is 1. The Labute approximate surface area is 196 Å². The molecule has 0 bridgehead atoms. The van der Waals surface area contributed by atoms with Crippen LogP contribution in [0.4, 0.5) is 5.82 Å². The molecule has 1 aliphatic rings. The average Bonchev–Trinajstić information content (AvgIpc) is 3.50. The Bertz CT molecular complexity index is 1510. The predicted molar refractivity (Wildman–Crippen MR) is 126 cm³/mol. The second-order valence-corrected chi connectivity index (χ2v) is 8.62. The number of morpholine rings is 1. The lowest BCUT2D eigenvalue weighted by Crippen LogP contribution is -2.36. The number of hydrogen-bond donors (Lipinski definition) is 2. The fourth-order valence-electron chi connectivity index (χ4n) is 3.80. The van der Waals surface area contributed by atoms with Crippen molar-refractivity contribution in [3.63, 3.8) is 0 Å². The largest absolute Gasteiger partial charge is 0.413 e. The van der Waals surface area contributed by atoms with E-state index in [-0.39, 0.29) is 11.6 Å². The maximum absolute atomic E-state index is 11.3. The molecule has 0 aliphatic carbocycles. The first-order valence-corrected chi connectivity index (χ1v) is 11.3. The molecule has 5 aromatic rings. The maximum atomic E-state index is 11.3. The molecule has 1 fully saturated rings. The molecule has 5 heterocycles. The molecule has 11 nitrogen and oxygen atoms in total. The third-order valence-corrected chi connectivity index (χ3v) is 6.47. The number of nitrogens with zero attached hydrogens (tertiary/aromatic N) is 6. The van der Waals surface area contributed by atoms with Crippen LogP contribution < -0.4 is 15.4 Å². The molecule has 34 heavy (non-hydrogen) atoms. The van der Waals surface area contributed by atoms with Crippen molar-refractivity contribution in [2.75, 3.05) is 31.2 Å². The Morgan fingerprint density at radius 2 is 1.97 bits per heavy atom. The third-order valence-electron chi connectivity index (χ3n) is 5.47. The first kappa shape index (κ1) is 20.4. The molecule has 6 rings (SSSR count). The summed E-state index contributed by atoms with van der Waals surface area (Å²) >= 11 is 1.41. The van der Waals surface area contributed by atoms with Gasteiger partial charge in [0.15, 0.2) is 16.7 Å². The second-order valence-electron chi connectivity index (χ2n) is 7.61. The van der Waals surface area contributed by atoms with Crippen LogP contribution in [-0.4, -0.2) is 62.3 Å². The molecule has 0 unspecified atom stereocenters. The van der Waals surface area contributed by atoms with Crippen LogP contribution in [0.25, 0.3) is 32.5 Å². The van der Waals surface area contributed by atoms with E-state index in [4.69, 9.17) is 25.2 Å². The number of thiophene rings is 1. The summed E-state index contributed by atoms with van der Waals surface area (Å²) in [5.74, 6) is 0.833. The van der Waals surface area contributed by atoms with Gasteiger partial charge in [0.1, 0.15) is 0 Å². The van der Waals surface area contributed by atoms with E-state index in [0.29, 0.717) is 24.1 Å². The van der Waals surface area contributed by atoms with Gasteiger partial charge in [-0.05, 0) is 6.07 Å². The lowest BCUT2D eigenvalue weighted by molar-refractivity contribution is 0.0999. The summed E-state index contributed by atoms with van der Waals surface area (Å²) in [5, 5.41) is 8.66. The van der Waals surface area contributed by atoms with Crippen LogP contribution in [0.3, 0.4) is 0 Å². The number of ether oxygens (including phenoxy) is 2. The number of hydrogen-bond acceptors (Lipinski definition) is 10. The van der Waals surface area contributed by atoms with Crippen molar-refractivity contribution in [1.82, 2.24) is 30.1 Å². The fraction of sp³-hybridized carbons (Fsp3) is 0.182. The van der Waals surface area contributed by atoms with Gasteiger partial charge >= 0.3 is 6.01 Å². The van der Waals surface area contributed by atoms with E-state index in [1.165, 1.54) is 23.7 Å². The van der Waals surface area contributed by atoms with Gasteiger partial charge in [-0.2, -0.15) is 5.10 Å². The van der Waals surface area contributed by atoms with Crippen molar-refractivity contribution >= 4 is 44.2 Å². The number of aromatic amines is 1. The highest BCUT2D eigenvalue weighted by molar-refractivity contribution is 7.21. The topological polar surface area (TPSA) is 145 Å². The summed E-state index contributed by atoms with van der Waals surface area (Å²) < 4.78 is 12.3. The van der Waals surface area contributed by atoms with Crippen molar-refractivity contribution in [3.05, 3.63) is 48.4 Å². The van der Waals surface area contributed by atoms with E-state index in [2.05, 4.69) is 25.1 Å². The standard InChI is InChI=1S/C22H18N8O3S/c23-19(31)12-9-24-22(25-10-12)33-17-8-16-18(34-17)21(30-4-6-32-7-5-30)28-20(27-16)13-2-1-3-15-14(13)11-26-29-15/h1-3,8-11H,4-7H2,(H2,23,31)(H,26,29). The summed E-state index contributed by atoms with van der Waals surface area (Å²) in [6.45, 7) is 2.72. The van der Waals surface area contributed by atoms with Gasteiger partial charge in [-0.25, -0.2) is 19.9 Å². The van der Waals surface area contributed by atoms with E-state index >= 15 is 0 Å². The van der Waals surface area contributed by atoms with Crippen LogP contribution in [-0.2, 0) is 4.74 Å². The molecule has 1 aromatic carbocycles. The molecule has 1 saturated heterocycles. The zero-order valence-electron chi connectivity index (χ0n) is 17.8. The number of rotatable bonds is 5. The summed E-state index contributed by atoms with van der Waals surface area (Å²) in [7, 11) is 0. The second kappa shape index (κ2) is 8.32. The minimum Gasteiger partial charge on any atom is -0.413 e. The van der Waals surface area contributed by atoms with Gasteiger partial charge in [-0.3, -0.25) is 9.89 Å². The molecule has 0 radical (unpaired) electrons. The minimum atomic E-state index is -0.598. The highest BCUT2D eigenvalue weighted by Gasteiger charge is 2.22. The number of carbonyl (C=O) groups is 1. The maximum Gasteiger partial charge on any atom is 0.322 e. The van der Waals surface area contributed by atoms with Crippen LogP contribution in [0.5, 0.6) is 11.1 Å². The van der Waals surface area contributed by atoms with Gasteiger partial charge in [0, 0.05) is 42.5 Å². The molecular weight excluding hydrogens is 456 g/mol. The Morgan fingerprint density at radius 3 is 2.76 bits per heavy atom. The lowest BCUT2D eigenvalue weighted by Gasteiger charge is -2.28. The SMILES string of the molecule is NC(=O)c1cnc(Oc2cc3nc(-c4cccc5[nH]ncc45)nc(N4CCOCC4)c3s2)nc1. The first-order valence-electron chi connectivity index (χ1n) is 10.5. The number of anilines is 1. The van der Waals surface area contributed by atoms with Crippen LogP contribution in [0.2, 0.25) is 0 Å². The summed E-state index contributed by atoms with van der Waals surface area (Å²) in [4.78, 5) is 31.4. The van der Waals surface area contributed by atoms with E-state index in [1.807, 2.05) is 24.3 Å². The molecule has 0 saturated carbocycles. The lowest BCUT2D eigenvalue weighted by atomic mass is 10.1. The zero-order valence-corrected chi connectivity index (χ0v) is 18.6. The molecule has 0 spiro atoms. The molecule has 12 heteroatoms. The third kappa shape index (κ3) is 3.68. The predicted octanol–water partition coefficient (Wildman–Crippen LogP) is 2.75. The summed E-state index contributed by atoms with van der Waals surface area (Å²) in [6.07, 6.45) is 4.45. The molecule has 0 atom stereocenters. The molecule has 4 aromatic heterocycles. The Hall–Kier alpha value is -4.16. The number of aromatic nitrogens is 6. The van der Waals surface area contributed by atoms with Crippen LogP contribution in [0.1, 0.15) is 10.4 Å². The fourth-order valence-corrected chi connectivity index (χ4v) is 4.77. The highest BCUT2D eigenvalue weighted by atomic mass is 32.1. The Balaban J connectivity index is 1.45. The van der Waals surface area contributed by atoms with Gasteiger partial charge in [0.2, 0.25) is 0 Å². The van der Waals surface area contributed by atoms with Crippen molar-refractivity contribution in [3.8, 4) is 22.5 Å². The zero-order chi connectivity index (χ0) is 23.1. The number of benzene rings is 1. The smallest absolute Gasteiger partial charge is 0.322 e. The number of nitrogens with two attached hydrogens (primary N) is 1. The Kier molecular flexibility index (Phi) is 5.00. The molecule has 3 N–H and O–H groups in total. The summed E-state index contributed by atoms with van der Waals surface area (Å²) in [6, 6.07) is 7.86. The van der Waals surface area contributed by atoms with E-state index in [1.54, 1.807) is 6.20 Å². The first-order chi connectivity index (χ1) is 16.7. The summed E-state index contributed by atoms with van der Waals surface area (Å²) in [5.41, 5.74) is 8.02. The quantitative estimate of drug-likeness (QED) is 0.393. The molecular formula is C22H18N8O3S. The highest BCUT2D eigenvalue weighted by Crippen LogP contribution is 2.39. The van der Waals surface area contributed by atoms with Crippen LogP contribution in [0.15, 0.2) is 42.9 Å². The van der Waals surface area contributed by atoms with Gasteiger partial charge < -0.3 is 20.1 Å². The van der Waals surface area contributed by atoms with Crippen molar-refractivity contribution in [1.29, 1.82) is 0 Å². The molecule has 1 aliphatic heterocycles. The Morgan fingerprint density at radius 1 is 1.15 bits per heavy atom. The van der Waals surface area contributed by atoms with Crippen molar-refractivity contribution in [2.24, 2.45) is 5.73 Å². The van der Waals surface area contributed by atoms with Gasteiger partial charge in [0.05, 0.1) is 40.7 Å². The van der Waals surface area contributed by atoms with Crippen LogP contribution >= 0.6 is 11.3 Å². The minimum absolute atomic E-state index is 0.112. The number of amides is 1. The van der Waals surface area contributed by atoms with Crippen LogP contribution in [0, 0.1) is 0 Å². The van der Waals surface area contributed by atoms with E-state index in [0.717, 1.165) is 45.6 Å². The van der Waals surface area contributed by atoms with E-state index in [9.17, 15) is 4.79 Å². The monoisotopic (exact) mass is 474 g/mol. The van der Waals surface area contributed by atoms with Gasteiger partial charge in [-0.15, -0.1) is 0 Å². The number of fused-ring (bicyclic) bond motifs is 2. The number of carbonyl (C=O) groups excluding carboxylic acids is 1. The molecule has 170 valence electrons. The van der Waals surface area contributed by atoms with E-state index < -0.39 is 5.91 Å². The average molecular weight is 475 g/mol. The normalized spacial score (nSPS) is 14.1. The van der Waals surface area contributed by atoms with Crippen molar-refractivity contribution < 1.29 is 14.3 Å². The van der Waals surface area contributed by atoms with Crippen molar-refractivity contribution in [2.45, 2.75) is 0 Å². The van der Waals surface area contributed by atoms with Gasteiger partial charge in [-0.1, -0.05) is 23.5 Å². The number of primary amides is 1. The van der Waals surface area contributed by atoms with Gasteiger partial charge in [0.25, 0.3) is 5.91 Å².